The van der Waals surface area contributed by atoms with Crippen molar-refractivity contribution in [2.75, 3.05) is 19.7 Å². The van der Waals surface area contributed by atoms with Gasteiger partial charge in [0.05, 0.1) is 11.1 Å². The van der Waals surface area contributed by atoms with E-state index in [0.717, 1.165) is 31.5 Å². The number of ether oxygens (including phenoxy) is 1. The van der Waals surface area contributed by atoms with Gasteiger partial charge in [0.15, 0.2) is 6.61 Å². The van der Waals surface area contributed by atoms with E-state index in [1.165, 1.54) is 36.9 Å². The van der Waals surface area contributed by atoms with Gasteiger partial charge in [-0.3, -0.25) is 19.7 Å². The van der Waals surface area contributed by atoms with Gasteiger partial charge in [0, 0.05) is 30.8 Å². The molecule has 1 fully saturated rings. The number of piperidine rings is 1. The van der Waals surface area contributed by atoms with Crippen LogP contribution in [-0.2, 0) is 4.79 Å². The molecule has 0 spiro atoms. The van der Waals surface area contributed by atoms with Crippen LogP contribution in [0.4, 0.5) is 5.69 Å². The molecule has 9 heteroatoms. The Morgan fingerprint density at radius 1 is 1.07 bits per heavy atom. The van der Waals surface area contributed by atoms with Crippen molar-refractivity contribution in [2.45, 2.75) is 19.3 Å². The van der Waals surface area contributed by atoms with Crippen LogP contribution in [-0.4, -0.2) is 47.5 Å². The van der Waals surface area contributed by atoms with E-state index >= 15 is 0 Å². The predicted molar refractivity (Wildman–Crippen MR) is 111 cm³/mol. The zero-order valence-corrected chi connectivity index (χ0v) is 16.3. The number of carbonyl (C=O) groups excluding carboxylic acids is 2. The molecule has 0 aromatic heterocycles. The normalized spacial score (nSPS) is 13.8. The van der Waals surface area contributed by atoms with Crippen LogP contribution in [0.15, 0.2) is 53.6 Å². The van der Waals surface area contributed by atoms with Gasteiger partial charge in [-0.2, -0.15) is 5.10 Å². The minimum atomic E-state index is -0.531. The van der Waals surface area contributed by atoms with Crippen molar-refractivity contribution in [3.05, 3.63) is 69.8 Å². The number of hydrogen-bond acceptors (Lipinski definition) is 6. The number of benzene rings is 2. The number of hydrogen-bond donors (Lipinski definition) is 1. The van der Waals surface area contributed by atoms with Gasteiger partial charge in [-0.15, -0.1) is 0 Å². The molecular formula is C21H22N4O5. The lowest BCUT2D eigenvalue weighted by atomic mass is 10.1. The maximum Gasteiger partial charge on any atom is 0.271 e. The molecule has 1 aliphatic rings. The third-order valence-electron chi connectivity index (χ3n) is 4.67. The van der Waals surface area contributed by atoms with E-state index in [0.29, 0.717) is 5.75 Å². The molecule has 1 aliphatic heterocycles. The van der Waals surface area contributed by atoms with Crippen molar-refractivity contribution in [2.24, 2.45) is 5.10 Å². The summed E-state index contributed by atoms with van der Waals surface area (Å²) in [5, 5.41) is 14.5. The van der Waals surface area contributed by atoms with Crippen molar-refractivity contribution >= 4 is 23.7 Å². The second kappa shape index (κ2) is 10.1. The Kier molecular flexibility index (Phi) is 7.09. The third-order valence-corrected chi connectivity index (χ3v) is 4.67. The van der Waals surface area contributed by atoms with Crippen LogP contribution in [0.2, 0.25) is 0 Å². The van der Waals surface area contributed by atoms with Gasteiger partial charge in [-0.1, -0.05) is 0 Å². The molecule has 1 N–H and O–H groups in total. The molecule has 2 aromatic carbocycles. The highest BCUT2D eigenvalue weighted by Crippen LogP contribution is 2.14. The fourth-order valence-electron chi connectivity index (χ4n) is 2.99. The van der Waals surface area contributed by atoms with Gasteiger partial charge in [-0.25, -0.2) is 5.43 Å². The lowest BCUT2D eigenvalue weighted by Gasteiger charge is -2.26. The molecule has 0 bridgehead atoms. The maximum atomic E-state index is 12.1. The molecule has 2 aromatic rings. The molecule has 30 heavy (non-hydrogen) atoms. The molecule has 9 nitrogen and oxygen atoms in total. The summed E-state index contributed by atoms with van der Waals surface area (Å²) in [7, 11) is 0. The number of non-ortho nitro benzene ring substituents is 1. The highest BCUT2D eigenvalue weighted by Gasteiger charge is 2.16. The Bertz CT molecular complexity index is 919. The quantitative estimate of drug-likeness (QED) is 0.428. The molecule has 0 saturated carbocycles. The number of nitro benzene ring substituents is 1. The summed E-state index contributed by atoms with van der Waals surface area (Å²) >= 11 is 0. The van der Waals surface area contributed by atoms with Gasteiger partial charge in [-0.05, 0) is 61.2 Å². The zero-order chi connectivity index (χ0) is 21.3. The Morgan fingerprint density at radius 3 is 2.37 bits per heavy atom. The molecule has 1 saturated heterocycles. The largest absolute Gasteiger partial charge is 0.484 e. The summed E-state index contributed by atoms with van der Waals surface area (Å²) in [4.78, 5) is 36.1. The van der Waals surface area contributed by atoms with E-state index in [4.69, 9.17) is 4.74 Å². The highest BCUT2D eigenvalue weighted by molar-refractivity contribution is 5.95. The lowest BCUT2D eigenvalue weighted by molar-refractivity contribution is -0.384. The van der Waals surface area contributed by atoms with Crippen LogP contribution in [0.5, 0.6) is 5.75 Å². The summed E-state index contributed by atoms with van der Waals surface area (Å²) in [5.41, 5.74) is 3.27. The molecular weight excluding hydrogens is 388 g/mol. The average molecular weight is 410 g/mol. The Morgan fingerprint density at radius 2 is 1.73 bits per heavy atom. The first-order valence-corrected chi connectivity index (χ1v) is 9.61. The standard InChI is InChI=1S/C21H22N4O5/c26-20(24-12-2-1-3-13-24)15-30-19-10-4-16(5-11-19)14-22-23-21(27)17-6-8-18(9-7-17)25(28)29/h4-11,14H,1-3,12-13,15H2,(H,23,27)/b22-14-. The van der Waals surface area contributed by atoms with Crippen molar-refractivity contribution in [3.63, 3.8) is 0 Å². The number of carbonyl (C=O) groups is 2. The Labute approximate surface area is 173 Å². The molecule has 1 heterocycles. The van der Waals surface area contributed by atoms with E-state index in [1.807, 2.05) is 4.90 Å². The van der Waals surface area contributed by atoms with Crippen molar-refractivity contribution in [3.8, 4) is 5.75 Å². The summed E-state index contributed by atoms with van der Waals surface area (Å²) in [6.45, 7) is 1.60. The summed E-state index contributed by atoms with van der Waals surface area (Å²) < 4.78 is 5.55. The SMILES string of the molecule is O=C(N/N=C\c1ccc(OCC(=O)N2CCCCC2)cc1)c1ccc([N+](=O)[O-])cc1. The van der Waals surface area contributed by atoms with Gasteiger partial charge in [0.2, 0.25) is 0 Å². The number of nitro groups is 1. The summed E-state index contributed by atoms with van der Waals surface area (Å²) in [6, 6.07) is 12.2. The number of rotatable bonds is 7. The number of nitrogens with zero attached hydrogens (tertiary/aromatic N) is 3. The fourth-order valence-corrected chi connectivity index (χ4v) is 2.99. The van der Waals surface area contributed by atoms with Gasteiger partial charge < -0.3 is 9.64 Å². The van der Waals surface area contributed by atoms with E-state index in [9.17, 15) is 19.7 Å². The minimum absolute atomic E-state index is 0.00528. The van der Waals surface area contributed by atoms with Crippen LogP contribution in [0.25, 0.3) is 0 Å². The molecule has 0 atom stereocenters. The highest BCUT2D eigenvalue weighted by atomic mass is 16.6. The fraction of sp³-hybridized carbons (Fsp3) is 0.286. The zero-order valence-electron chi connectivity index (χ0n) is 16.3. The van der Waals surface area contributed by atoms with E-state index in [-0.39, 0.29) is 23.8 Å². The number of amides is 2. The molecule has 2 amide bonds. The average Bonchev–Trinajstić information content (AvgIpc) is 2.79. The first kappa shape index (κ1) is 21.0. The van der Waals surface area contributed by atoms with E-state index in [1.54, 1.807) is 24.3 Å². The Hall–Kier alpha value is -3.75. The number of nitrogens with one attached hydrogen (secondary N) is 1. The van der Waals surface area contributed by atoms with Crippen molar-refractivity contribution in [1.29, 1.82) is 0 Å². The molecule has 3 rings (SSSR count). The monoisotopic (exact) mass is 410 g/mol. The van der Waals surface area contributed by atoms with Crippen LogP contribution >= 0.6 is 0 Å². The first-order valence-electron chi connectivity index (χ1n) is 9.61. The van der Waals surface area contributed by atoms with Crippen molar-refractivity contribution < 1.29 is 19.2 Å². The topological polar surface area (TPSA) is 114 Å². The minimum Gasteiger partial charge on any atom is -0.484 e. The van der Waals surface area contributed by atoms with Gasteiger partial charge >= 0.3 is 0 Å². The van der Waals surface area contributed by atoms with E-state index < -0.39 is 10.8 Å². The molecule has 0 aliphatic carbocycles. The first-order chi connectivity index (χ1) is 14.5. The predicted octanol–water partition coefficient (Wildman–Crippen LogP) is 2.75. The van der Waals surface area contributed by atoms with Crippen LogP contribution in [0.1, 0.15) is 35.2 Å². The lowest BCUT2D eigenvalue weighted by Crippen LogP contribution is -2.38. The second-order valence-corrected chi connectivity index (χ2v) is 6.80. The van der Waals surface area contributed by atoms with E-state index in [2.05, 4.69) is 10.5 Å². The Balaban J connectivity index is 1.46. The maximum absolute atomic E-state index is 12.1. The van der Waals surface area contributed by atoms with Gasteiger partial charge in [0.25, 0.3) is 17.5 Å². The summed E-state index contributed by atoms with van der Waals surface area (Å²) in [5.74, 6) is 0.0963. The number of hydrazone groups is 1. The smallest absolute Gasteiger partial charge is 0.271 e. The van der Waals surface area contributed by atoms with Crippen LogP contribution < -0.4 is 10.2 Å². The van der Waals surface area contributed by atoms with Crippen LogP contribution in [0, 0.1) is 10.1 Å². The second-order valence-electron chi connectivity index (χ2n) is 6.80. The number of likely N-dealkylation sites (tertiary alicyclic amines) is 1. The molecule has 156 valence electrons. The third kappa shape index (κ3) is 5.87. The summed E-state index contributed by atoms with van der Waals surface area (Å²) in [6.07, 6.45) is 4.72. The van der Waals surface area contributed by atoms with Crippen molar-refractivity contribution in [1.82, 2.24) is 10.3 Å². The molecule has 0 unspecified atom stereocenters. The van der Waals surface area contributed by atoms with Gasteiger partial charge in [0.1, 0.15) is 5.75 Å². The van der Waals surface area contributed by atoms with Crippen LogP contribution in [0.3, 0.4) is 0 Å². The molecule has 0 radical (unpaired) electrons.